The number of likely N-dealkylation sites (tertiary alicyclic amines) is 1. The van der Waals surface area contributed by atoms with Gasteiger partial charge >= 0.3 is 0 Å². The summed E-state index contributed by atoms with van der Waals surface area (Å²) in [6.45, 7) is 13.2. The van der Waals surface area contributed by atoms with Gasteiger partial charge in [0, 0.05) is 36.6 Å². The number of fused-ring (bicyclic) bond motifs is 1. The number of anilines is 1. The van der Waals surface area contributed by atoms with Gasteiger partial charge in [-0.1, -0.05) is 39.0 Å². The molecule has 1 fully saturated rings. The Labute approximate surface area is 209 Å². The number of aryl methyl sites for hydroxylation is 1. The summed E-state index contributed by atoms with van der Waals surface area (Å²) in [5.41, 5.74) is 2.94. The fraction of sp³-hybridized carbons (Fsp3) is 0.440. The predicted octanol–water partition coefficient (Wildman–Crippen LogP) is 3.68. The Hall–Kier alpha value is -3.33. The van der Waals surface area contributed by atoms with Crippen molar-refractivity contribution in [3.8, 4) is 0 Å². The van der Waals surface area contributed by atoms with Gasteiger partial charge in [0.25, 0.3) is 5.91 Å². The summed E-state index contributed by atoms with van der Waals surface area (Å²) in [4.78, 5) is 31.2. The van der Waals surface area contributed by atoms with Gasteiger partial charge in [0.05, 0.1) is 17.8 Å². The van der Waals surface area contributed by atoms with Crippen LogP contribution in [0.25, 0.3) is 10.9 Å². The van der Waals surface area contributed by atoms with Gasteiger partial charge in [-0.3, -0.25) is 14.7 Å². The van der Waals surface area contributed by atoms with Gasteiger partial charge in [-0.2, -0.15) is 5.10 Å². The molecule has 10 heteroatoms. The standard InChI is InChI=1S/C25H32ClN7O2/c1-7-21(34)33-9-8-15(13-33)29-24(35)22-14(2)28-20(32(22)6)12-27-23-16-10-17(25(3,4)5)18(26)11-19(16)30-31-23/h7,10-11,15H,1,8-9,12-13H2,2-6H3,(H,29,35)(H2,27,30,31). The van der Waals surface area contributed by atoms with Crippen molar-refractivity contribution in [3.63, 3.8) is 0 Å². The van der Waals surface area contributed by atoms with Gasteiger partial charge in [0.15, 0.2) is 5.82 Å². The number of rotatable bonds is 6. The summed E-state index contributed by atoms with van der Waals surface area (Å²) in [5, 5.41) is 15.5. The quantitative estimate of drug-likeness (QED) is 0.450. The normalized spacial score (nSPS) is 16.1. The molecule has 1 unspecified atom stereocenters. The van der Waals surface area contributed by atoms with Crippen molar-refractivity contribution in [1.29, 1.82) is 0 Å². The minimum Gasteiger partial charge on any atom is -0.361 e. The molecular formula is C25H32ClN7O2. The first kappa shape index (κ1) is 24.8. The van der Waals surface area contributed by atoms with Crippen LogP contribution in [-0.4, -0.2) is 55.6 Å². The molecule has 1 atom stereocenters. The number of halogens is 1. The monoisotopic (exact) mass is 497 g/mol. The highest BCUT2D eigenvalue weighted by Gasteiger charge is 2.28. The van der Waals surface area contributed by atoms with Crippen molar-refractivity contribution in [2.24, 2.45) is 7.05 Å². The minimum absolute atomic E-state index is 0.0958. The van der Waals surface area contributed by atoms with E-state index in [4.69, 9.17) is 11.6 Å². The Morgan fingerprint density at radius 2 is 2.09 bits per heavy atom. The molecule has 9 nitrogen and oxygen atoms in total. The van der Waals surface area contributed by atoms with Crippen LogP contribution in [0.15, 0.2) is 24.8 Å². The SMILES string of the molecule is C=CC(=O)N1CCC(NC(=O)c2c(C)nc(CNc3n[nH]c4cc(Cl)c(C(C)(C)C)cc34)n2C)C1. The fourth-order valence-corrected chi connectivity index (χ4v) is 4.99. The molecule has 3 aromatic rings. The molecule has 186 valence electrons. The summed E-state index contributed by atoms with van der Waals surface area (Å²) in [6.07, 6.45) is 2.01. The molecule has 1 saturated heterocycles. The van der Waals surface area contributed by atoms with Crippen LogP contribution in [-0.2, 0) is 23.8 Å². The van der Waals surface area contributed by atoms with Gasteiger partial charge in [-0.05, 0) is 42.5 Å². The highest BCUT2D eigenvalue weighted by molar-refractivity contribution is 6.32. The molecule has 0 bridgehead atoms. The lowest BCUT2D eigenvalue weighted by Gasteiger charge is -2.20. The van der Waals surface area contributed by atoms with Crippen LogP contribution in [0.3, 0.4) is 0 Å². The fourth-order valence-electron chi connectivity index (χ4n) is 4.54. The van der Waals surface area contributed by atoms with E-state index in [2.05, 4.69) is 59.2 Å². The van der Waals surface area contributed by atoms with Crippen molar-refractivity contribution in [2.75, 3.05) is 18.4 Å². The number of carbonyl (C=O) groups is 2. The Morgan fingerprint density at radius 3 is 2.77 bits per heavy atom. The van der Waals surface area contributed by atoms with Gasteiger partial charge in [-0.15, -0.1) is 0 Å². The van der Waals surface area contributed by atoms with Crippen LogP contribution in [0.2, 0.25) is 5.02 Å². The lowest BCUT2D eigenvalue weighted by Crippen LogP contribution is -2.39. The lowest BCUT2D eigenvalue weighted by molar-refractivity contribution is -0.125. The van der Waals surface area contributed by atoms with Crippen LogP contribution < -0.4 is 10.6 Å². The predicted molar refractivity (Wildman–Crippen MR) is 138 cm³/mol. The second-order valence-electron chi connectivity index (χ2n) is 10.0. The van der Waals surface area contributed by atoms with E-state index in [-0.39, 0.29) is 23.3 Å². The first-order valence-electron chi connectivity index (χ1n) is 11.7. The zero-order valence-corrected chi connectivity index (χ0v) is 21.6. The number of amides is 2. The molecule has 0 spiro atoms. The third-order valence-electron chi connectivity index (χ3n) is 6.46. The van der Waals surface area contributed by atoms with E-state index in [1.807, 2.05) is 20.0 Å². The molecule has 2 aromatic heterocycles. The van der Waals surface area contributed by atoms with Gasteiger partial charge in [0.2, 0.25) is 5.91 Å². The van der Waals surface area contributed by atoms with Crippen LogP contribution in [0, 0.1) is 6.92 Å². The average Bonchev–Trinajstić information content (AvgIpc) is 3.48. The summed E-state index contributed by atoms with van der Waals surface area (Å²) >= 11 is 6.49. The maximum absolute atomic E-state index is 13.0. The smallest absolute Gasteiger partial charge is 0.270 e. The van der Waals surface area contributed by atoms with E-state index in [0.29, 0.717) is 54.1 Å². The lowest BCUT2D eigenvalue weighted by atomic mass is 9.86. The molecule has 1 aliphatic heterocycles. The van der Waals surface area contributed by atoms with Crippen molar-refractivity contribution in [3.05, 3.63) is 52.6 Å². The number of nitrogens with one attached hydrogen (secondary N) is 3. The topological polar surface area (TPSA) is 108 Å². The average molecular weight is 498 g/mol. The number of hydrogen-bond donors (Lipinski definition) is 3. The molecule has 0 radical (unpaired) electrons. The van der Waals surface area contributed by atoms with Crippen molar-refractivity contribution in [2.45, 2.75) is 52.1 Å². The van der Waals surface area contributed by atoms with Crippen molar-refractivity contribution < 1.29 is 9.59 Å². The molecule has 3 heterocycles. The number of aromatic amines is 1. The maximum Gasteiger partial charge on any atom is 0.270 e. The summed E-state index contributed by atoms with van der Waals surface area (Å²) < 4.78 is 1.80. The number of aromatic nitrogens is 4. The molecule has 2 amide bonds. The number of H-pyrrole nitrogens is 1. The Balaban J connectivity index is 1.48. The highest BCUT2D eigenvalue weighted by Crippen LogP contribution is 2.34. The number of hydrogen-bond acceptors (Lipinski definition) is 5. The zero-order chi connectivity index (χ0) is 25.5. The third-order valence-corrected chi connectivity index (χ3v) is 6.77. The molecule has 0 aliphatic carbocycles. The highest BCUT2D eigenvalue weighted by atomic mass is 35.5. The van der Waals surface area contributed by atoms with E-state index >= 15 is 0 Å². The minimum atomic E-state index is -0.198. The largest absolute Gasteiger partial charge is 0.361 e. The molecule has 0 saturated carbocycles. The summed E-state index contributed by atoms with van der Waals surface area (Å²) in [6, 6.07) is 3.87. The summed E-state index contributed by atoms with van der Waals surface area (Å²) in [5.74, 6) is 1.10. The van der Waals surface area contributed by atoms with E-state index in [0.717, 1.165) is 16.5 Å². The Bertz CT molecular complexity index is 1300. The third kappa shape index (κ3) is 4.91. The second-order valence-corrected chi connectivity index (χ2v) is 10.4. The van der Waals surface area contributed by atoms with Crippen molar-refractivity contribution >= 4 is 40.1 Å². The van der Waals surface area contributed by atoms with Gasteiger partial charge in [-0.25, -0.2) is 4.98 Å². The van der Waals surface area contributed by atoms with E-state index in [1.165, 1.54) is 6.08 Å². The molecule has 3 N–H and O–H groups in total. The second kappa shape index (κ2) is 9.37. The van der Waals surface area contributed by atoms with Crippen LogP contribution in [0.1, 0.15) is 54.8 Å². The van der Waals surface area contributed by atoms with Crippen LogP contribution in [0.4, 0.5) is 5.82 Å². The summed E-state index contributed by atoms with van der Waals surface area (Å²) in [7, 11) is 1.83. The molecule has 1 aromatic carbocycles. The Morgan fingerprint density at radius 1 is 1.34 bits per heavy atom. The number of nitrogens with zero attached hydrogens (tertiary/aromatic N) is 4. The van der Waals surface area contributed by atoms with Crippen LogP contribution >= 0.6 is 11.6 Å². The maximum atomic E-state index is 13.0. The molecule has 4 rings (SSSR count). The molecular weight excluding hydrogens is 466 g/mol. The first-order chi connectivity index (χ1) is 16.5. The van der Waals surface area contributed by atoms with E-state index in [9.17, 15) is 9.59 Å². The van der Waals surface area contributed by atoms with E-state index in [1.54, 1.807) is 9.47 Å². The Kier molecular flexibility index (Phi) is 6.64. The number of imidazole rings is 1. The first-order valence-corrected chi connectivity index (χ1v) is 12.0. The van der Waals surface area contributed by atoms with E-state index < -0.39 is 0 Å². The number of carbonyl (C=O) groups excluding carboxylic acids is 2. The van der Waals surface area contributed by atoms with Gasteiger partial charge < -0.3 is 20.1 Å². The number of benzene rings is 1. The van der Waals surface area contributed by atoms with Crippen LogP contribution in [0.5, 0.6) is 0 Å². The van der Waals surface area contributed by atoms with Crippen molar-refractivity contribution in [1.82, 2.24) is 30.0 Å². The zero-order valence-electron chi connectivity index (χ0n) is 20.8. The molecule has 35 heavy (non-hydrogen) atoms. The molecule has 1 aliphatic rings. The van der Waals surface area contributed by atoms with Gasteiger partial charge in [0.1, 0.15) is 11.5 Å².